The summed E-state index contributed by atoms with van der Waals surface area (Å²) in [6.45, 7) is 1.03. The highest BCUT2D eigenvalue weighted by molar-refractivity contribution is 5.96. The van der Waals surface area contributed by atoms with Crippen LogP contribution in [-0.2, 0) is 12.8 Å². The lowest BCUT2D eigenvalue weighted by atomic mass is 10.1. The second kappa shape index (κ2) is 6.68. The molecule has 0 amide bonds. The highest BCUT2D eigenvalue weighted by atomic mass is 16.5. The lowest BCUT2D eigenvalue weighted by Crippen LogP contribution is -2.08. The molecule has 1 aromatic carbocycles. The molecule has 6 heteroatoms. The smallest absolute Gasteiger partial charge is 0.222 e. The molecular formula is C21H22N4O2. The Bertz CT molecular complexity index is 987. The summed E-state index contributed by atoms with van der Waals surface area (Å²) in [6, 6.07) is 5.71. The van der Waals surface area contributed by atoms with Gasteiger partial charge in [0.2, 0.25) is 5.88 Å². The lowest BCUT2D eigenvalue weighted by molar-refractivity contribution is 0.374. The molecule has 2 heterocycles. The van der Waals surface area contributed by atoms with Crippen molar-refractivity contribution in [3.8, 4) is 17.4 Å². The van der Waals surface area contributed by atoms with Gasteiger partial charge in [-0.05, 0) is 49.7 Å². The predicted octanol–water partition coefficient (Wildman–Crippen LogP) is 4.14. The molecule has 5 rings (SSSR count). The minimum absolute atomic E-state index is 0.482. The SMILES string of the molecule is COc1cc2c(NCC3CC3)c3c(nc2cc1Oc1ccncn1)CCC3. The predicted molar refractivity (Wildman–Crippen MR) is 104 cm³/mol. The van der Waals surface area contributed by atoms with Crippen LogP contribution < -0.4 is 14.8 Å². The number of aryl methyl sites for hydroxylation is 1. The Balaban J connectivity index is 1.60. The fourth-order valence-corrected chi connectivity index (χ4v) is 3.73. The molecule has 138 valence electrons. The highest BCUT2D eigenvalue weighted by Crippen LogP contribution is 2.41. The summed E-state index contributed by atoms with van der Waals surface area (Å²) in [7, 11) is 1.66. The first-order chi connectivity index (χ1) is 13.3. The average Bonchev–Trinajstić information content (AvgIpc) is 3.41. The Morgan fingerprint density at radius 1 is 1.19 bits per heavy atom. The van der Waals surface area contributed by atoms with Gasteiger partial charge >= 0.3 is 0 Å². The first-order valence-electron chi connectivity index (χ1n) is 9.53. The van der Waals surface area contributed by atoms with E-state index in [2.05, 4.69) is 15.3 Å². The zero-order chi connectivity index (χ0) is 18.2. The minimum atomic E-state index is 0.482. The molecule has 0 radical (unpaired) electrons. The maximum absolute atomic E-state index is 5.94. The number of nitrogens with zero attached hydrogens (tertiary/aromatic N) is 3. The number of rotatable bonds is 6. The van der Waals surface area contributed by atoms with Gasteiger partial charge in [0.1, 0.15) is 6.33 Å². The van der Waals surface area contributed by atoms with E-state index in [1.807, 2.05) is 12.1 Å². The Labute approximate surface area is 158 Å². The second-order valence-corrected chi connectivity index (χ2v) is 7.26. The molecule has 0 saturated heterocycles. The zero-order valence-corrected chi connectivity index (χ0v) is 15.4. The van der Waals surface area contributed by atoms with Crippen LogP contribution in [0.4, 0.5) is 5.69 Å². The van der Waals surface area contributed by atoms with Crippen LogP contribution in [0.15, 0.2) is 30.7 Å². The monoisotopic (exact) mass is 362 g/mol. The van der Waals surface area contributed by atoms with Gasteiger partial charge in [-0.2, -0.15) is 0 Å². The molecule has 2 aromatic heterocycles. The molecule has 27 heavy (non-hydrogen) atoms. The van der Waals surface area contributed by atoms with E-state index in [1.54, 1.807) is 19.4 Å². The number of hydrogen-bond donors (Lipinski definition) is 1. The maximum atomic E-state index is 5.94. The fraction of sp³-hybridized carbons (Fsp3) is 0.381. The van der Waals surface area contributed by atoms with Crippen molar-refractivity contribution in [1.29, 1.82) is 0 Å². The standard InChI is InChI=1S/C21H22N4O2/c1-26-18-9-15-17(10-19(18)27-20-7-8-22-12-24-20)25-16-4-2-3-14(16)21(15)23-11-13-5-6-13/h7-10,12-13H,2-6,11H2,1H3,(H,23,25). The first-order valence-corrected chi connectivity index (χ1v) is 9.53. The Morgan fingerprint density at radius 3 is 2.89 bits per heavy atom. The lowest BCUT2D eigenvalue weighted by Gasteiger charge is -2.17. The molecule has 0 spiro atoms. The normalized spacial score (nSPS) is 15.6. The van der Waals surface area contributed by atoms with E-state index in [9.17, 15) is 0 Å². The Morgan fingerprint density at radius 2 is 2.11 bits per heavy atom. The van der Waals surface area contributed by atoms with Crippen molar-refractivity contribution in [1.82, 2.24) is 15.0 Å². The Hall–Kier alpha value is -2.89. The van der Waals surface area contributed by atoms with Crippen LogP contribution in [0.1, 0.15) is 30.5 Å². The third kappa shape index (κ3) is 3.16. The topological polar surface area (TPSA) is 69.2 Å². The van der Waals surface area contributed by atoms with Crippen molar-refractivity contribution >= 4 is 16.6 Å². The van der Waals surface area contributed by atoms with Crippen molar-refractivity contribution in [2.75, 3.05) is 19.0 Å². The van der Waals surface area contributed by atoms with Gasteiger partial charge in [0.15, 0.2) is 11.5 Å². The maximum Gasteiger partial charge on any atom is 0.222 e. The molecule has 0 bridgehead atoms. The number of fused-ring (bicyclic) bond motifs is 2. The molecule has 2 aliphatic carbocycles. The number of aromatic nitrogens is 3. The molecule has 0 atom stereocenters. The molecule has 1 fully saturated rings. The van der Waals surface area contributed by atoms with Crippen LogP contribution in [0.25, 0.3) is 10.9 Å². The largest absolute Gasteiger partial charge is 0.493 e. The van der Waals surface area contributed by atoms with Crippen LogP contribution >= 0.6 is 0 Å². The highest BCUT2D eigenvalue weighted by Gasteiger charge is 2.25. The average molecular weight is 362 g/mol. The number of benzene rings is 1. The van der Waals surface area contributed by atoms with Gasteiger partial charge in [-0.1, -0.05) is 0 Å². The number of anilines is 1. The number of ether oxygens (including phenoxy) is 2. The summed E-state index contributed by atoms with van der Waals surface area (Å²) in [5.74, 6) is 2.58. The summed E-state index contributed by atoms with van der Waals surface area (Å²) >= 11 is 0. The molecule has 2 aliphatic rings. The third-order valence-electron chi connectivity index (χ3n) is 5.33. The molecule has 0 aliphatic heterocycles. The zero-order valence-electron chi connectivity index (χ0n) is 15.4. The van der Waals surface area contributed by atoms with Crippen molar-refractivity contribution < 1.29 is 9.47 Å². The van der Waals surface area contributed by atoms with Gasteiger partial charge in [-0.3, -0.25) is 4.98 Å². The van der Waals surface area contributed by atoms with Crippen LogP contribution in [0, 0.1) is 5.92 Å². The number of methoxy groups -OCH3 is 1. The molecule has 0 unspecified atom stereocenters. The van der Waals surface area contributed by atoms with Crippen molar-refractivity contribution in [3.05, 3.63) is 42.0 Å². The molecule has 6 nitrogen and oxygen atoms in total. The van der Waals surface area contributed by atoms with Crippen molar-refractivity contribution in [2.24, 2.45) is 5.92 Å². The second-order valence-electron chi connectivity index (χ2n) is 7.26. The fourth-order valence-electron chi connectivity index (χ4n) is 3.73. The van der Waals surface area contributed by atoms with E-state index >= 15 is 0 Å². The molecule has 3 aromatic rings. The quantitative estimate of drug-likeness (QED) is 0.711. The minimum Gasteiger partial charge on any atom is -0.493 e. The van der Waals surface area contributed by atoms with E-state index in [0.717, 1.165) is 42.6 Å². The van der Waals surface area contributed by atoms with Gasteiger partial charge in [0, 0.05) is 41.6 Å². The molecular weight excluding hydrogens is 340 g/mol. The van der Waals surface area contributed by atoms with Gasteiger partial charge in [-0.25, -0.2) is 9.97 Å². The first kappa shape index (κ1) is 16.3. The van der Waals surface area contributed by atoms with Crippen LogP contribution in [0.2, 0.25) is 0 Å². The number of nitrogens with one attached hydrogen (secondary N) is 1. The number of hydrogen-bond acceptors (Lipinski definition) is 6. The summed E-state index contributed by atoms with van der Waals surface area (Å²) in [4.78, 5) is 13.0. The summed E-state index contributed by atoms with van der Waals surface area (Å²) in [6.07, 6.45) is 9.08. The molecule has 1 saturated carbocycles. The van der Waals surface area contributed by atoms with Crippen molar-refractivity contribution in [2.45, 2.75) is 32.1 Å². The van der Waals surface area contributed by atoms with Crippen molar-refractivity contribution in [3.63, 3.8) is 0 Å². The molecule has 1 N–H and O–H groups in total. The number of pyridine rings is 1. The van der Waals surface area contributed by atoms with Gasteiger partial charge in [-0.15, -0.1) is 0 Å². The van der Waals surface area contributed by atoms with Crippen LogP contribution in [0.3, 0.4) is 0 Å². The van der Waals surface area contributed by atoms with Gasteiger partial charge < -0.3 is 14.8 Å². The third-order valence-corrected chi connectivity index (χ3v) is 5.33. The summed E-state index contributed by atoms with van der Waals surface area (Å²) in [5.41, 5.74) is 4.73. The summed E-state index contributed by atoms with van der Waals surface area (Å²) < 4.78 is 11.6. The van der Waals surface area contributed by atoms with E-state index in [0.29, 0.717) is 17.4 Å². The Kier molecular flexibility index (Phi) is 4.03. The summed E-state index contributed by atoms with van der Waals surface area (Å²) in [5, 5.41) is 4.81. The van der Waals surface area contributed by atoms with E-state index in [-0.39, 0.29) is 0 Å². The van der Waals surface area contributed by atoms with Crippen LogP contribution in [-0.4, -0.2) is 28.6 Å². The van der Waals surface area contributed by atoms with Gasteiger partial charge in [0.25, 0.3) is 0 Å². The van der Waals surface area contributed by atoms with E-state index in [4.69, 9.17) is 14.5 Å². The van der Waals surface area contributed by atoms with Crippen LogP contribution in [0.5, 0.6) is 17.4 Å². The van der Waals surface area contributed by atoms with E-state index in [1.165, 1.54) is 36.1 Å². The van der Waals surface area contributed by atoms with Gasteiger partial charge in [0.05, 0.1) is 12.6 Å². The van der Waals surface area contributed by atoms with E-state index < -0.39 is 0 Å².